The zero-order valence-electron chi connectivity index (χ0n) is 13.2. The van der Waals surface area contributed by atoms with Crippen LogP contribution < -0.4 is 11.3 Å². The van der Waals surface area contributed by atoms with Gasteiger partial charge in [-0.05, 0) is 58.2 Å². The lowest BCUT2D eigenvalue weighted by Gasteiger charge is -2.44. The van der Waals surface area contributed by atoms with Crippen molar-refractivity contribution in [2.24, 2.45) is 5.84 Å². The topological polar surface area (TPSA) is 41.3 Å². The molecule has 0 bridgehead atoms. The highest BCUT2D eigenvalue weighted by atomic mass is 15.3. The Kier molecular flexibility index (Phi) is 5.19. The number of hydrogen-bond donors (Lipinski definition) is 2. The monoisotopic (exact) mass is 275 g/mol. The first-order valence-corrected chi connectivity index (χ1v) is 7.87. The van der Waals surface area contributed by atoms with Crippen LogP contribution in [0.5, 0.6) is 0 Å². The summed E-state index contributed by atoms with van der Waals surface area (Å²) in [5.74, 6) is 5.91. The zero-order valence-corrected chi connectivity index (χ0v) is 13.2. The molecule has 2 unspecified atom stereocenters. The third-order valence-corrected chi connectivity index (χ3v) is 5.02. The molecule has 1 heterocycles. The summed E-state index contributed by atoms with van der Waals surface area (Å²) in [7, 11) is 0. The number of rotatable bonds is 6. The molecule has 2 rings (SSSR count). The lowest BCUT2D eigenvalue weighted by atomic mass is 9.84. The van der Waals surface area contributed by atoms with Crippen molar-refractivity contribution in [3.63, 3.8) is 0 Å². The average molecular weight is 275 g/mol. The molecule has 112 valence electrons. The number of aryl methyl sites for hydroxylation is 1. The van der Waals surface area contributed by atoms with Crippen LogP contribution >= 0.6 is 0 Å². The molecular weight excluding hydrogens is 246 g/mol. The SMILES string of the molecule is CCC(C)(C(Cc1cccc(C)c1)NN)N1CCCC1. The van der Waals surface area contributed by atoms with Crippen molar-refractivity contribution in [3.8, 4) is 0 Å². The van der Waals surface area contributed by atoms with Crippen LogP contribution in [0.1, 0.15) is 44.2 Å². The second kappa shape index (κ2) is 6.70. The van der Waals surface area contributed by atoms with E-state index in [1.54, 1.807) is 0 Å². The Bertz CT molecular complexity index is 426. The van der Waals surface area contributed by atoms with Crippen molar-refractivity contribution in [1.82, 2.24) is 10.3 Å². The molecule has 1 saturated heterocycles. The van der Waals surface area contributed by atoms with Crippen LogP contribution in [0.4, 0.5) is 0 Å². The summed E-state index contributed by atoms with van der Waals surface area (Å²) >= 11 is 0. The molecule has 3 N–H and O–H groups in total. The van der Waals surface area contributed by atoms with Crippen LogP contribution in [0.25, 0.3) is 0 Å². The highest BCUT2D eigenvalue weighted by molar-refractivity contribution is 5.24. The summed E-state index contributed by atoms with van der Waals surface area (Å²) in [6.07, 6.45) is 4.74. The van der Waals surface area contributed by atoms with Crippen LogP contribution in [0.2, 0.25) is 0 Å². The number of nitrogens with zero attached hydrogens (tertiary/aromatic N) is 1. The minimum Gasteiger partial charge on any atom is -0.296 e. The molecule has 0 aliphatic carbocycles. The van der Waals surface area contributed by atoms with Crippen molar-refractivity contribution in [3.05, 3.63) is 35.4 Å². The Balaban J connectivity index is 2.16. The average Bonchev–Trinajstić information content (AvgIpc) is 2.98. The maximum atomic E-state index is 5.91. The van der Waals surface area contributed by atoms with Crippen LogP contribution in [-0.2, 0) is 6.42 Å². The van der Waals surface area contributed by atoms with Gasteiger partial charge in [0.1, 0.15) is 0 Å². The van der Waals surface area contributed by atoms with Gasteiger partial charge >= 0.3 is 0 Å². The van der Waals surface area contributed by atoms with E-state index >= 15 is 0 Å². The Morgan fingerprint density at radius 1 is 1.35 bits per heavy atom. The molecule has 1 aliphatic heterocycles. The van der Waals surface area contributed by atoms with E-state index in [4.69, 9.17) is 5.84 Å². The molecule has 0 amide bonds. The van der Waals surface area contributed by atoms with Gasteiger partial charge in [0.15, 0.2) is 0 Å². The maximum Gasteiger partial charge on any atom is 0.0432 e. The highest BCUT2D eigenvalue weighted by Crippen LogP contribution is 2.29. The predicted octanol–water partition coefficient (Wildman–Crippen LogP) is 2.63. The second-order valence-corrected chi connectivity index (χ2v) is 6.32. The molecule has 1 aliphatic rings. The van der Waals surface area contributed by atoms with Crippen LogP contribution in [0.3, 0.4) is 0 Å². The second-order valence-electron chi connectivity index (χ2n) is 6.32. The molecule has 3 heteroatoms. The Morgan fingerprint density at radius 3 is 2.60 bits per heavy atom. The standard InChI is InChI=1S/C17H29N3/c1-4-17(3,20-10-5-6-11-20)16(19-18)13-15-9-7-8-14(2)12-15/h7-9,12,16,19H,4-6,10-11,13,18H2,1-3H3. The molecule has 1 aromatic rings. The van der Waals surface area contributed by atoms with E-state index in [1.165, 1.54) is 37.1 Å². The lowest BCUT2D eigenvalue weighted by Crippen LogP contribution is -2.61. The number of likely N-dealkylation sites (tertiary alicyclic amines) is 1. The quantitative estimate of drug-likeness (QED) is 0.619. The zero-order chi connectivity index (χ0) is 14.6. The van der Waals surface area contributed by atoms with Crippen molar-refractivity contribution in [2.45, 2.75) is 58.0 Å². The number of nitrogens with one attached hydrogen (secondary N) is 1. The van der Waals surface area contributed by atoms with Crippen LogP contribution in [0.15, 0.2) is 24.3 Å². The first-order valence-electron chi connectivity index (χ1n) is 7.87. The number of hydrazine groups is 1. The summed E-state index contributed by atoms with van der Waals surface area (Å²) in [5.41, 5.74) is 5.92. The van der Waals surface area contributed by atoms with E-state index in [1.807, 2.05) is 0 Å². The predicted molar refractivity (Wildman–Crippen MR) is 85.5 cm³/mol. The van der Waals surface area contributed by atoms with Crippen LogP contribution in [0, 0.1) is 6.92 Å². The minimum atomic E-state index is 0.134. The van der Waals surface area contributed by atoms with Gasteiger partial charge in [-0.1, -0.05) is 36.8 Å². The fraction of sp³-hybridized carbons (Fsp3) is 0.647. The lowest BCUT2D eigenvalue weighted by molar-refractivity contribution is 0.0841. The van der Waals surface area contributed by atoms with Gasteiger partial charge in [0.25, 0.3) is 0 Å². The summed E-state index contributed by atoms with van der Waals surface area (Å²) in [4.78, 5) is 2.62. The van der Waals surface area contributed by atoms with E-state index in [0.29, 0.717) is 0 Å². The molecule has 2 atom stereocenters. The third kappa shape index (κ3) is 3.22. The van der Waals surface area contributed by atoms with Gasteiger partial charge in [-0.3, -0.25) is 16.2 Å². The number of benzene rings is 1. The molecular formula is C17H29N3. The van der Waals surface area contributed by atoms with E-state index in [2.05, 4.69) is 55.4 Å². The Hall–Kier alpha value is -0.900. The molecule has 20 heavy (non-hydrogen) atoms. The molecule has 3 nitrogen and oxygen atoms in total. The minimum absolute atomic E-state index is 0.134. The van der Waals surface area contributed by atoms with Crippen LogP contribution in [-0.4, -0.2) is 29.6 Å². The van der Waals surface area contributed by atoms with Crippen molar-refractivity contribution < 1.29 is 0 Å². The molecule has 0 saturated carbocycles. The summed E-state index contributed by atoms with van der Waals surface area (Å²) in [5, 5.41) is 0. The van der Waals surface area contributed by atoms with Gasteiger partial charge in [-0.15, -0.1) is 0 Å². The smallest absolute Gasteiger partial charge is 0.0432 e. The van der Waals surface area contributed by atoms with Gasteiger partial charge in [-0.25, -0.2) is 0 Å². The van der Waals surface area contributed by atoms with E-state index < -0.39 is 0 Å². The van der Waals surface area contributed by atoms with Crippen molar-refractivity contribution in [2.75, 3.05) is 13.1 Å². The molecule has 0 aromatic heterocycles. The van der Waals surface area contributed by atoms with Gasteiger partial charge in [0.05, 0.1) is 0 Å². The highest BCUT2D eigenvalue weighted by Gasteiger charge is 2.38. The van der Waals surface area contributed by atoms with Gasteiger partial charge in [0, 0.05) is 11.6 Å². The van der Waals surface area contributed by atoms with Gasteiger partial charge < -0.3 is 0 Å². The molecule has 1 aromatic carbocycles. The normalized spacial score (nSPS) is 20.8. The van der Waals surface area contributed by atoms with E-state index in [0.717, 1.165) is 12.8 Å². The van der Waals surface area contributed by atoms with Crippen molar-refractivity contribution in [1.29, 1.82) is 0 Å². The van der Waals surface area contributed by atoms with Crippen molar-refractivity contribution >= 4 is 0 Å². The Morgan fingerprint density at radius 2 is 2.05 bits per heavy atom. The first-order chi connectivity index (χ1) is 9.60. The Labute approximate surface area is 123 Å². The molecule has 0 spiro atoms. The number of nitrogens with two attached hydrogens (primary N) is 1. The third-order valence-electron chi connectivity index (χ3n) is 5.02. The van der Waals surface area contributed by atoms with E-state index in [9.17, 15) is 0 Å². The molecule has 1 fully saturated rings. The summed E-state index contributed by atoms with van der Waals surface area (Å²) in [6, 6.07) is 9.04. The maximum absolute atomic E-state index is 5.91. The summed E-state index contributed by atoms with van der Waals surface area (Å²) < 4.78 is 0. The summed E-state index contributed by atoms with van der Waals surface area (Å²) in [6.45, 7) is 9.19. The fourth-order valence-corrected chi connectivity index (χ4v) is 3.45. The first kappa shape index (κ1) is 15.5. The molecule has 0 radical (unpaired) electrons. The van der Waals surface area contributed by atoms with Gasteiger partial charge in [0.2, 0.25) is 0 Å². The van der Waals surface area contributed by atoms with Gasteiger partial charge in [-0.2, -0.15) is 0 Å². The number of hydrogen-bond acceptors (Lipinski definition) is 3. The van der Waals surface area contributed by atoms with E-state index in [-0.39, 0.29) is 11.6 Å². The largest absolute Gasteiger partial charge is 0.296 e. The fourth-order valence-electron chi connectivity index (χ4n) is 3.45.